The third kappa shape index (κ3) is 3.62. The van der Waals surface area contributed by atoms with E-state index in [0.29, 0.717) is 18.1 Å². The summed E-state index contributed by atoms with van der Waals surface area (Å²) in [5.74, 6) is 0.649. The first kappa shape index (κ1) is 15.5. The van der Waals surface area contributed by atoms with Crippen LogP contribution >= 0.6 is 0 Å². The molecule has 0 atom stereocenters. The summed E-state index contributed by atoms with van der Waals surface area (Å²) in [5.41, 5.74) is 1.47. The highest BCUT2D eigenvalue weighted by molar-refractivity contribution is 7.92. The van der Waals surface area contributed by atoms with Crippen LogP contribution in [0.4, 0.5) is 5.69 Å². The Morgan fingerprint density at radius 3 is 2.62 bits per heavy atom. The Morgan fingerprint density at radius 2 is 2.00 bits per heavy atom. The van der Waals surface area contributed by atoms with Gasteiger partial charge in [0.1, 0.15) is 5.82 Å². The van der Waals surface area contributed by atoms with Gasteiger partial charge in [0.15, 0.2) is 5.03 Å². The molecule has 7 heteroatoms. The first-order valence-electron chi connectivity index (χ1n) is 6.75. The molecule has 2 rings (SSSR count). The van der Waals surface area contributed by atoms with Crippen LogP contribution in [0.15, 0.2) is 35.5 Å². The van der Waals surface area contributed by atoms with E-state index in [2.05, 4.69) is 15.0 Å². The van der Waals surface area contributed by atoms with Crippen LogP contribution in [-0.2, 0) is 23.6 Å². The number of nitrogens with one attached hydrogen (secondary N) is 2. The standard InChI is InChI=1S/C14H20N4O2S/c1-4-15-9-12-7-5-6-8-13(12)17-21(19,20)14-10-18(3)11(2)16-14/h5-8,10,15,17H,4,9H2,1-3H3. The van der Waals surface area contributed by atoms with Gasteiger partial charge in [0.25, 0.3) is 10.0 Å². The average molecular weight is 308 g/mol. The van der Waals surface area contributed by atoms with Gasteiger partial charge in [0.05, 0.1) is 5.69 Å². The summed E-state index contributed by atoms with van der Waals surface area (Å²) < 4.78 is 29.1. The van der Waals surface area contributed by atoms with Crippen LogP contribution in [0.2, 0.25) is 0 Å². The predicted octanol–water partition coefficient (Wildman–Crippen LogP) is 1.64. The highest BCUT2D eigenvalue weighted by atomic mass is 32.2. The molecule has 0 saturated heterocycles. The Balaban J connectivity index is 2.28. The van der Waals surface area contributed by atoms with E-state index in [9.17, 15) is 8.42 Å². The quantitative estimate of drug-likeness (QED) is 0.850. The summed E-state index contributed by atoms with van der Waals surface area (Å²) in [6, 6.07) is 7.33. The average Bonchev–Trinajstić information content (AvgIpc) is 2.78. The number of rotatable bonds is 6. The summed E-state index contributed by atoms with van der Waals surface area (Å²) >= 11 is 0. The van der Waals surface area contributed by atoms with Gasteiger partial charge in [-0.25, -0.2) is 4.98 Å². The third-order valence-corrected chi connectivity index (χ3v) is 4.42. The van der Waals surface area contributed by atoms with Gasteiger partial charge in [-0.15, -0.1) is 0 Å². The third-order valence-electron chi connectivity index (χ3n) is 3.19. The normalized spacial score (nSPS) is 11.6. The van der Waals surface area contributed by atoms with Gasteiger partial charge >= 0.3 is 0 Å². The molecule has 1 aromatic carbocycles. The first-order valence-corrected chi connectivity index (χ1v) is 8.23. The number of aromatic nitrogens is 2. The van der Waals surface area contributed by atoms with Crippen LogP contribution in [0.5, 0.6) is 0 Å². The minimum Gasteiger partial charge on any atom is -0.337 e. The molecule has 114 valence electrons. The summed E-state index contributed by atoms with van der Waals surface area (Å²) in [4.78, 5) is 4.07. The largest absolute Gasteiger partial charge is 0.337 e. The highest BCUT2D eigenvalue weighted by Crippen LogP contribution is 2.19. The van der Waals surface area contributed by atoms with Crippen molar-refractivity contribution >= 4 is 15.7 Å². The number of sulfonamides is 1. The van der Waals surface area contributed by atoms with Crippen LogP contribution in [0.3, 0.4) is 0 Å². The second-order valence-electron chi connectivity index (χ2n) is 4.78. The molecule has 6 nitrogen and oxygen atoms in total. The molecule has 2 N–H and O–H groups in total. The maximum Gasteiger partial charge on any atom is 0.280 e. The first-order chi connectivity index (χ1) is 9.94. The summed E-state index contributed by atoms with van der Waals surface area (Å²) in [7, 11) is -1.91. The molecule has 0 unspecified atom stereocenters. The van der Waals surface area contributed by atoms with Crippen molar-refractivity contribution in [2.24, 2.45) is 7.05 Å². The van der Waals surface area contributed by atoms with Crippen molar-refractivity contribution in [3.8, 4) is 0 Å². The monoisotopic (exact) mass is 308 g/mol. The molecular weight excluding hydrogens is 288 g/mol. The molecule has 1 aromatic heterocycles. The van der Waals surface area contributed by atoms with Gasteiger partial charge in [-0.1, -0.05) is 25.1 Å². The van der Waals surface area contributed by atoms with Gasteiger partial charge in [-0.2, -0.15) is 8.42 Å². The van der Waals surface area contributed by atoms with E-state index in [1.54, 1.807) is 30.7 Å². The van der Waals surface area contributed by atoms with E-state index < -0.39 is 10.0 Å². The minimum absolute atomic E-state index is 0.0285. The number of imidazole rings is 1. The topological polar surface area (TPSA) is 76.0 Å². The van der Waals surface area contributed by atoms with Crippen LogP contribution in [0.25, 0.3) is 0 Å². The molecule has 2 aromatic rings. The molecule has 0 amide bonds. The molecular formula is C14H20N4O2S. The Morgan fingerprint density at radius 1 is 1.29 bits per heavy atom. The van der Waals surface area contributed by atoms with Crippen LogP contribution in [-0.4, -0.2) is 24.5 Å². The SMILES string of the molecule is CCNCc1ccccc1NS(=O)(=O)c1cn(C)c(C)n1. The maximum atomic E-state index is 12.4. The fourth-order valence-corrected chi connectivity index (χ4v) is 3.03. The van der Waals surface area contributed by atoms with Crippen LogP contribution in [0, 0.1) is 6.92 Å². The van der Waals surface area contributed by atoms with Crippen LogP contribution in [0.1, 0.15) is 18.3 Å². The van der Waals surface area contributed by atoms with Gasteiger partial charge in [-0.3, -0.25) is 4.72 Å². The lowest BCUT2D eigenvalue weighted by atomic mass is 10.2. The van der Waals surface area contributed by atoms with E-state index in [0.717, 1.165) is 12.1 Å². The zero-order chi connectivity index (χ0) is 15.5. The van der Waals surface area contributed by atoms with Gasteiger partial charge < -0.3 is 9.88 Å². The Labute approximate surface area is 125 Å². The number of aryl methyl sites for hydroxylation is 2. The molecule has 0 aliphatic heterocycles. The molecule has 21 heavy (non-hydrogen) atoms. The number of anilines is 1. The zero-order valence-corrected chi connectivity index (χ0v) is 13.2. The van der Waals surface area contributed by atoms with Crippen LogP contribution < -0.4 is 10.0 Å². The van der Waals surface area contributed by atoms with Gasteiger partial charge in [0.2, 0.25) is 0 Å². The van der Waals surface area contributed by atoms with E-state index >= 15 is 0 Å². The molecule has 0 radical (unpaired) electrons. The fraction of sp³-hybridized carbons (Fsp3) is 0.357. The van der Waals surface area contributed by atoms with E-state index in [4.69, 9.17) is 0 Å². The smallest absolute Gasteiger partial charge is 0.280 e. The fourth-order valence-electron chi connectivity index (χ4n) is 1.89. The number of nitrogens with zero attached hydrogens (tertiary/aromatic N) is 2. The molecule has 1 heterocycles. The predicted molar refractivity (Wildman–Crippen MR) is 82.6 cm³/mol. The molecule has 0 spiro atoms. The lowest BCUT2D eigenvalue weighted by Crippen LogP contribution is -2.17. The number of para-hydroxylation sites is 1. The summed E-state index contributed by atoms with van der Waals surface area (Å²) in [6.07, 6.45) is 1.50. The van der Waals surface area contributed by atoms with Crippen molar-refractivity contribution in [2.45, 2.75) is 25.4 Å². The second kappa shape index (κ2) is 6.28. The Hall–Kier alpha value is -1.86. The van der Waals surface area contributed by atoms with E-state index in [1.807, 2.05) is 19.1 Å². The lowest BCUT2D eigenvalue weighted by molar-refractivity contribution is 0.598. The molecule has 0 saturated carbocycles. The van der Waals surface area contributed by atoms with Crippen molar-refractivity contribution in [2.75, 3.05) is 11.3 Å². The van der Waals surface area contributed by atoms with Crippen molar-refractivity contribution in [1.82, 2.24) is 14.9 Å². The van der Waals surface area contributed by atoms with E-state index in [1.165, 1.54) is 6.20 Å². The van der Waals surface area contributed by atoms with Crippen molar-refractivity contribution in [1.29, 1.82) is 0 Å². The Bertz CT molecular complexity index is 703. The second-order valence-corrected chi connectivity index (χ2v) is 6.41. The van der Waals surface area contributed by atoms with Crippen molar-refractivity contribution < 1.29 is 8.42 Å². The lowest BCUT2D eigenvalue weighted by Gasteiger charge is -2.11. The van der Waals surface area contributed by atoms with Gasteiger partial charge in [-0.05, 0) is 25.1 Å². The molecule has 0 fully saturated rings. The van der Waals surface area contributed by atoms with E-state index in [-0.39, 0.29) is 5.03 Å². The molecule has 0 bridgehead atoms. The maximum absolute atomic E-state index is 12.4. The minimum atomic E-state index is -3.67. The van der Waals surface area contributed by atoms with Crippen molar-refractivity contribution in [3.63, 3.8) is 0 Å². The molecule has 0 aliphatic rings. The highest BCUT2D eigenvalue weighted by Gasteiger charge is 2.19. The summed E-state index contributed by atoms with van der Waals surface area (Å²) in [5, 5.41) is 3.22. The number of hydrogen-bond donors (Lipinski definition) is 2. The zero-order valence-electron chi connectivity index (χ0n) is 12.4. The molecule has 0 aliphatic carbocycles. The Kier molecular flexibility index (Phi) is 4.64. The summed E-state index contributed by atoms with van der Waals surface area (Å²) in [6.45, 7) is 5.19. The number of benzene rings is 1. The number of hydrogen-bond acceptors (Lipinski definition) is 4. The van der Waals surface area contributed by atoms with Gasteiger partial charge in [0, 0.05) is 19.8 Å². The van der Waals surface area contributed by atoms with Crippen molar-refractivity contribution in [3.05, 3.63) is 41.9 Å².